The van der Waals surface area contributed by atoms with Crippen LogP contribution in [0, 0.1) is 6.92 Å². The van der Waals surface area contributed by atoms with Crippen LogP contribution in [0.15, 0.2) is 30.5 Å². The Morgan fingerprint density at radius 1 is 0.915 bits per heavy atom. The van der Waals surface area contributed by atoms with E-state index in [9.17, 15) is 14.4 Å². The highest BCUT2D eigenvalue weighted by atomic mass is 16.6. The monoisotopic (exact) mass is 652 g/mol. The molecule has 13 heteroatoms. The number of aromatic nitrogens is 3. The number of nitrogens with zero attached hydrogens (tertiary/aromatic N) is 4. The van der Waals surface area contributed by atoms with Gasteiger partial charge in [-0.3, -0.25) is 0 Å². The van der Waals surface area contributed by atoms with Gasteiger partial charge in [0.2, 0.25) is 0 Å². The van der Waals surface area contributed by atoms with Crippen LogP contribution < -0.4 is 20.3 Å². The van der Waals surface area contributed by atoms with Gasteiger partial charge < -0.3 is 29.6 Å². The van der Waals surface area contributed by atoms with Crippen molar-refractivity contribution in [2.75, 3.05) is 23.4 Å². The fraction of sp³-hybridized carbons (Fsp3) is 0.559. The summed E-state index contributed by atoms with van der Waals surface area (Å²) in [5.41, 5.74) is 0.143. The molecule has 1 fully saturated rings. The van der Waals surface area contributed by atoms with Gasteiger partial charge in [0.05, 0.1) is 25.1 Å². The van der Waals surface area contributed by atoms with E-state index in [4.69, 9.17) is 23.9 Å². The van der Waals surface area contributed by atoms with Crippen molar-refractivity contribution in [2.45, 2.75) is 111 Å². The second kappa shape index (κ2) is 14.5. The van der Waals surface area contributed by atoms with Crippen molar-refractivity contribution in [3.63, 3.8) is 0 Å². The third kappa shape index (κ3) is 9.05. The number of amides is 2. The van der Waals surface area contributed by atoms with Crippen LogP contribution in [-0.2, 0) is 14.2 Å². The van der Waals surface area contributed by atoms with E-state index in [0.717, 1.165) is 25.7 Å². The minimum Gasteiger partial charge on any atom is -0.494 e. The number of carbonyl (C=O) groups is 3. The maximum atomic E-state index is 14.0. The van der Waals surface area contributed by atoms with Crippen molar-refractivity contribution in [2.24, 2.45) is 0 Å². The van der Waals surface area contributed by atoms with Crippen LogP contribution in [0.3, 0.4) is 0 Å². The first-order valence-electron chi connectivity index (χ1n) is 16.2. The number of fused-ring (bicyclic) bond motifs is 1. The normalized spacial score (nSPS) is 16.7. The van der Waals surface area contributed by atoms with Crippen molar-refractivity contribution in [3.05, 3.63) is 41.6 Å². The van der Waals surface area contributed by atoms with Crippen LogP contribution in [0.2, 0.25) is 0 Å². The van der Waals surface area contributed by atoms with Gasteiger partial charge in [-0.05, 0) is 112 Å². The summed E-state index contributed by atoms with van der Waals surface area (Å²) in [4.78, 5) is 45.6. The zero-order valence-corrected chi connectivity index (χ0v) is 28.9. The molecular weight excluding hydrogens is 604 g/mol. The lowest BCUT2D eigenvalue weighted by Gasteiger charge is -2.32. The van der Waals surface area contributed by atoms with Gasteiger partial charge in [-0.15, -0.1) is 0 Å². The van der Waals surface area contributed by atoms with Crippen molar-refractivity contribution >= 4 is 41.1 Å². The van der Waals surface area contributed by atoms with Crippen LogP contribution in [0.1, 0.15) is 97.0 Å². The smallest absolute Gasteiger partial charge is 0.420 e. The van der Waals surface area contributed by atoms with E-state index in [1.165, 1.54) is 15.6 Å². The Morgan fingerprint density at radius 2 is 1.53 bits per heavy atom. The van der Waals surface area contributed by atoms with Gasteiger partial charge in [-0.25, -0.2) is 24.3 Å². The highest BCUT2D eigenvalue weighted by molar-refractivity contribution is 6.00. The molecule has 0 bridgehead atoms. The molecule has 13 nitrogen and oxygen atoms in total. The number of ether oxygens (including phenoxy) is 4. The van der Waals surface area contributed by atoms with E-state index in [1.54, 1.807) is 52.0 Å². The number of anilines is 3. The third-order valence-corrected chi connectivity index (χ3v) is 7.33. The molecule has 1 saturated carbocycles. The summed E-state index contributed by atoms with van der Waals surface area (Å²) < 4.78 is 23.7. The molecule has 1 aliphatic rings. The van der Waals surface area contributed by atoms with Crippen LogP contribution in [0.25, 0.3) is 5.65 Å². The number of hydrogen-bond acceptors (Lipinski definition) is 10. The highest BCUT2D eigenvalue weighted by Crippen LogP contribution is 2.36. The Morgan fingerprint density at radius 3 is 2.11 bits per heavy atom. The van der Waals surface area contributed by atoms with Gasteiger partial charge in [-0.2, -0.15) is 9.61 Å². The molecular formula is C34H48N6O7. The van der Waals surface area contributed by atoms with E-state index in [0.29, 0.717) is 35.2 Å². The summed E-state index contributed by atoms with van der Waals surface area (Å²) in [5, 5.41) is 11.0. The fourth-order valence-corrected chi connectivity index (χ4v) is 5.34. The SMILES string of the molecule is CCOC(=O)c1cnn2c(N(C(=O)OC(C)(C)C)c3ccc(OCC)cc3)c(C)c(NC3CCC(NC(=O)OC(C)(C)C)CC3)nc12. The Kier molecular flexibility index (Phi) is 10.9. The van der Waals surface area contributed by atoms with Crippen molar-refractivity contribution in [1.29, 1.82) is 0 Å². The van der Waals surface area contributed by atoms with Crippen LogP contribution in [-0.4, -0.2) is 69.3 Å². The molecule has 0 aliphatic heterocycles. The molecule has 0 unspecified atom stereocenters. The molecule has 1 aliphatic carbocycles. The lowest BCUT2D eigenvalue weighted by atomic mass is 9.91. The number of carbonyl (C=O) groups excluding carboxylic acids is 3. The third-order valence-electron chi connectivity index (χ3n) is 7.33. The number of benzene rings is 1. The summed E-state index contributed by atoms with van der Waals surface area (Å²) in [6, 6.07) is 7.09. The summed E-state index contributed by atoms with van der Waals surface area (Å²) >= 11 is 0. The van der Waals surface area contributed by atoms with Gasteiger partial charge in [0, 0.05) is 17.6 Å². The largest absolute Gasteiger partial charge is 0.494 e. The minimum absolute atomic E-state index is 0.0115. The summed E-state index contributed by atoms with van der Waals surface area (Å²) in [5.74, 6) is 0.919. The molecule has 4 rings (SSSR count). The second-order valence-corrected chi connectivity index (χ2v) is 13.5. The quantitative estimate of drug-likeness (QED) is 0.184. The topological polar surface area (TPSA) is 146 Å². The van der Waals surface area contributed by atoms with E-state index < -0.39 is 29.4 Å². The Bertz CT molecular complexity index is 1560. The molecule has 47 heavy (non-hydrogen) atoms. The highest BCUT2D eigenvalue weighted by Gasteiger charge is 2.32. The van der Waals surface area contributed by atoms with Gasteiger partial charge in [0.25, 0.3) is 0 Å². The maximum absolute atomic E-state index is 14.0. The molecule has 1 aromatic carbocycles. The van der Waals surface area contributed by atoms with Crippen LogP contribution in [0.4, 0.5) is 26.9 Å². The van der Waals surface area contributed by atoms with Gasteiger partial charge >= 0.3 is 18.2 Å². The lowest BCUT2D eigenvalue weighted by Crippen LogP contribution is -2.42. The molecule has 2 N–H and O–H groups in total. The van der Waals surface area contributed by atoms with E-state index in [-0.39, 0.29) is 29.9 Å². The number of esters is 1. The zero-order chi connectivity index (χ0) is 34.5. The Labute approximate surface area is 276 Å². The van der Waals surface area contributed by atoms with Crippen molar-refractivity contribution < 1.29 is 33.3 Å². The van der Waals surface area contributed by atoms with Gasteiger partial charge in [-0.1, -0.05) is 0 Å². The average molecular weight is 653 g/mol. The van der Waals surface area contributed by atoms with Crippen LogP contribution in [0.5, 0.6) is 5.75 Å². The minimum atomic E-state index is -0.798. The first kappa shape index (κ1) is 35.3. The Balaban J connectivity index is 1.75. The van der Waals surface area contributed by atoms with E-state index in [1.807, 2.05) is 34.6 Å². The molecule has 2 heterocycles. The molecule has 2 amide bonds. The van der Waals surface area contributed by atoms with Gasteiger partial charge in [0.15, 0.2) is 11.5 Å². The number of alkyl carbamates (subject to hydrolysis) is 1. The first-order chi connectivity index (χ1) is 22.1. The number of hydrogen-bond donors (Lipinski definition) is 2. The molecule has 0 saturated heterocycles. The predicted molar refractivity (Wildman–Crippen MR) is 179 cm³/mol. The Hall–Kier alpha value is -4.55. The predicted octanol–water partition coefficient (Wildman–Crippen LogP) is 6.93. The van der Waals surface area contributed by atoms with E-state index >= 15 is 0 Å². The van der Waals surface area contributed by atoms with Crippen LogP contribution >= 0.6 is 0 Å². The molecule has 2 aromatic heterocycles. The summed E-state index contributed by atoms with van der Waals surface area (Å²) in [6.45, 7) is 17.0. The molecule has 3 aromatic rings. The standard InChI is InChI=1S/C34H48N6O7/c1-10-44-25-18-16-24(17-19-25)39(32(43)47-34(7,8)9)29-21(3)27(38-28-26(20-35-40(28)29)30(41)45-11-2)36-22-12-14-23(15-13-22)37-31(42)46-33(4,5)6/h16-20,22-23H,10-15H2,1-9H3,(H,36,38)(H,37,42). The van der Waals surface area contributed by atoms with Gasteiger partial charge in [0.1, 0.15) is 28.3 Å². The van der Waals surface area contributed by atoms with Crippen molar-refractivity contribution in [1.82, 2.24) is 19.9 Å². The molecule has 256 valence electrons. The summed E-state index contributed by atoms with van der Waals surface area (Å²) in [6.07, 6.45) is 3.31. The maximum Gasteiger partial charge on any atom is 0.420 e. The first-order valence-corrected chi connectivity index (χ1v) is 16.2. The average Bonchev–Trinajstić information content (AvgIpc) is 3.39. The molecule has 0 spiro atoms. The summed E-state index contributed by atoms with van der Waals surface area (Å²) in [7, 11) is 0. The molecule has 0 atom stereocenters. The fourth-order valence-electron chi connectivity index (χ4n) is 5.34. The number of rotatable bonds is 9. The zero-order valence-electron chi connectivity index (χ0n) is 28.9. The number of nitrogens with one attached hydrogen (secondary N) is 2. The van der Waals surface area contributed by atoms with Crippen molar-refractivity contribution in [3.8, 4) is 5.75 Å². The molecule has 0 radical (unpaired) electrons. The second-order valence-electron chi connectivity index (χ2n) is 13.5. The van der Waals surface area contributed by atoms with E-state index in [2.05, 4.69) is 15.7 Å². The lowest BCUT2D eigenvalue weighted by molar-refractivity contribution is 0.0488.